The van der Waals surface area contributed by atoms with Crippen molar-refractivity contribution in [3.63, 3.8) is 0 Å². The molecule has 0 bridgehead atoms. The van der Waals surface area contributed by atoms with Gasteiger partial charge in [0.15, 0.2) is 23.0 Å². The fraction of sp³-hybridized carbons (Fsp3) is 0.300. The first-order valence-electron chi connectivity index (χ1n) is 8.43. The number of ether oxygens (including phenoxy) is 6. The smallest absolute Gasteiger partial charge is 0.336 e. The summed E-state index contributed by atoms with van der Waals surface area (Å²) < 4.78 is 32.0. The summed E-state index contributed by atoms with van der Waals surface area (Å²) in [7, 11) is 7.94. The van der Waals surface area contributed by atoms with Crippen LogP contribution in [0.15, 0.2) is 12.1 Å². The Bertz CT molecular complexity index is 901. The minimum Gasteiger partial charge on any atom is -0.493 e. The van der Waals surface area contributed by atoms with Crippen molar-refractivity contribution < 1.29 is 48.2 Å². The molecule has 2 N–H and O–H groups in total. The minimum atomic E-state index is -1.35. The highest BCUT2D eigenvalue weighted by atomic mass is 16.5. The highest BCUT2D eigenvalue weighted by molar-refractivity contribution is 6.07. The topological polar surface area (TPSA) is 130 Å². The molecule has 2 aromatic rings. The molecule has 10 nitrogen and oxygen atoms in total. The molecule has 0 aromatic heterocycles. The van der Waals surface area contributed by atoms with Crippen LogP contribution >= 0.6 is 0 Å². The Balaban J connectivity index is 3.20. The molecule has 0 heterocycles. The van der Waals surface area contributed by atoms with Crippen molar-refractivity contribution in [2.45, 2.75) is 0 Å². The van der Waals surface area contributed by atoms with E-state index in [4.69, 9.17) is 28.4 Å². The van der Waals surface area contributed by atoms with Crippen molar-refractivity contribution in [1.82, 2.24) is 0 Å². The summed E-state index contributed by atoms with van der Waals surface area (Å²) in [4.78, 5) is 24.2. The summed E-state index contributed by atoms with van der Waals surface area (Å²) in [5.74, 6) is -2.47. The monoisotopic (exact) mass is 422 g/mol. The standard InChI is InChI=1S/C20H22O10/c1-25-11-7-9(19(21)22)13(17(29-5)15(11)27-3)14-10(20(23)24)8-12(26-2)16(28-4)18(14)30-6/h7-8H,1-6H3,(H,21,22)(H,23,24). The van der Waals surface area contributed by atoms with E-state index in [2.05, 4.69) is 0 Å². The Morgan fingerprint density at radius 1 is 0.567 bits per heavy atom. The molecule has 2 aromatic carbocycles. The van der Waals surface area contributed by atoms with Crippen molar-refractivity contribution >= 4 is 11.9 Å². The fourth-order valence-corrected chi connectivity index (χ4v) is 3.15. The molecule has 0 aliphatic rings. The average Bonchev–Trinajstić information content (AvgIpc) is 2.75. The largest absolute Gasteiger partial charge is 0.493 e. The summed E-state index contributed by atoms with van der Waals surface area (Å²) in [5, 5.41) is 19.7. The molecule has 0 radical (unpaired) electrons. The summed E-state index contributed by atoms with van der Waals surface area (Å²) in [5.41, 5.74) is -0.759. The second-order valence-electron chi connectivity index (χ2n) is 5.75. The summed E-state index contributed by atoms with van der Waals surface area (Å²) in [6.07, 6.45) is 0. The van der Waals surface area contributed by atoms with Gasteiger partial charge in [0.2, 0.25) is 11.5 Å². The number of aromatic carboxylic acids is 2. The van der Waals surface area contributed by atoms with Crippen LogP contribution in [0.4, 0.5) is 0 Å². The van der Waals surface area contributed by atoms with Gasteiger partial charge in [0.1, 0.15) is 0 Å². The summed E-state index contributed by atoms with van der Waals surface area (Å²) >= 11 is 0. The second kappa shape index (κ2) is 9.12. The van der Waals surface area contributed by atoms with Gasteiger partial charge in [-0.2, -0.15) is 0 Å². The van der Waals surface area contributed by atoms with Gasteiger partial charge in [0.05, 0.1) is 53.8 Å². The van der Waals surface area contributed by atoms with Gasteiger partial charge in [-0.1, -0.05) is 0 Å². The SMILES string of the molecule is COc1cc(C(=O)O)c(-c2c(C(=O)O)cc(OC)c(OC)c2OC)c(OC)c1OC. The van der Waals surface area contributed by atoms with E-state index in [9.17, 15) is 19.8 Å². The molecular weight excluding hydrogens is 400 g/mol. The number of hydrogen-bond acceptors (Lipinski definition) is 8. The lowest BCUT2D eigenvalue weighted by Crippen LogP contribution is -2.10. The van der Waals surface area contributed by atoms with Crippen LogP contribution in [0.1, 0.15) is 20.7 Å². The molecule has 0 amide bonds. The van der Waals surface area contributed by atoms with Crippen molar-refractivity contribution in [2.24, 2.45) is 0 Å². The Kier molecular flexibility index (Phi) is 6.83. The zero-order valence-corrected chi connectivity index (χ0v) is 17.3. The molecule has 0 aliphatic heterocycles. The van der Waals surface area contributed by atoms with Crippen LogP contribution in [0.25, 0.3) is 11.1 Å². The predicted octanol–water partition coefficient (Wildman–Crippen LogP) is 2.80. The summed E-state index contributed by atoms with van der Waals surface area (Å²) in [6, 6.07) is 2.42. The number of methoxy groups -OCH3 is 6. The maximum atomic E-state index is 12.1. The Morgan fingerprint density at radius 3 is 1.07 bits per heavy atom. The quantitative estimate of drug-likeness (QED) is 0.622. The molecule has 0 saturated heterocycles. The van der Waals surface area contributed by atoms with Gasteiger partial charge < -0.3 is 38.6 Å². The third-order valence-corrected chi connectivity index (χ3v) is 4.37. The van der Waals surface area contributed by atoms with Crippen LogP contribution in [-0.2, 0) is 0 Å². The first kappa shape index (κ1) is 22.5. The van der Waals surface area contributed by atoms with E-state index in [1.165, 1.54) is 54.8 Å². The number of benzene rings is 2. The lowest BCUT2D eigenvalue weighted by molar-refractivity contribution is 0.0683. The van der Waals surface area contributed by atoms with Crippen LogP contribution in [0.3, 0.4) is 0 Å². The molecular formula is C20H22O10. The van der Waals surface area contributed by atoms with E-state index in [1.54, 1.807) is 0 Å². The normalized spacial score (nSPS) is 10.2. The highest BCUT2D eigenvalue weighted by Crippen LogP contribution is 2.54. The van der Waals surface area contributed by atoms with Crippen LogP contribution in [-0.4, -0.2) is 64.8 Å². The van der Waals surface area contributed by atoms with Gasteiger partial charge in [0, 0.05) is 11.1 Å². The van der Waals surface area contributed by atoms with E-state index in [0.717, 1.165) is 0 Å². The van der Waals surface area contributed by atoms with E-state index < -0.39 is 11.9 Å². The van der Waals surface area contributed by atoms with Gasteiger partial charge in [0.25, 0.3) is 0 Å². The fourth-order valence-electron chi connectivity index (χ4n) is 3.15. The van der Waals surface area contributed by atoms with Gasteiger partial charge in [-0.25, -0.2) is 9.59 Å². The average molecular weight is 422 g/mol. The number of carboxylic acid groups (broad SMARTS) is 2. The third kappa shape index (κ3) is 3.59. The van der Waals surface area contributed by atoms with Crippen LogP contribution in [0, 0.1) is 0 Å². The van der Waals surface area contributed by atoms with E-state index in [1.807, 2.05) is 0 Å². The maximum absolute atomic E-state index is 12.1. The first-order valence-corrected chi connectivity index (χ1v) is 8.43. The first-order chi connectivity index (χ1) is 14.3. The van der Waals surface area contributed by atoms with E-state index in [0.29, 0.717) is 0 Å². The lowest BCUT2D eigenvalue weighted by Gasteiger charge is -2.22. The molecule has 162 valence electrons. The Morgan fingerprint density at radius 2 is 0.867 bits per heavy atom. The molecule has 10 heteroatoms. The zero-order valence-electron chi connectivity index (χ0n) is 17.3. The van der Waals surface area contributed by atoms with Crippen molar-refractivity contribution in [1.29, 1.82) is 0 Å². The van der Waals surface area contributed by atoms with Crippen molar-refractivity contribution in [3.8, 4) is 45.6 Å². The number of carboxylic acids is 2. The Hall–Kier alpha value is -3.82. The van der Waals surface area contributed by atoms with Gasteiger partial charge in [-0.3, -0.25) is 0 Å². The van der Waals surface area contributed by atoms with Crippen molar-refractivity contribution in [2.75, 3.05) is 42.7 Å². The molecule has 30 heavy (non-hydrogen) atoms. The highest BCUT2D eigenvalue weighted by Gasteiger charge is 2.33. The number of carbonyl (C=O) groups is 2. The zero-order chi connectivity index (χ0) is 22.6. The molecule has 0 fully saturated rings. The van der Waals surface area contributed by atoms with Crippen molar-refractivity contribution in [3.05, 3.63) is 23.3 Å². The third-order valence-electron chi connectivity index (χ3n) is 4.37. The molecule has 0 unspecified atom stereocenters. The van der Waals surface area contributed by atoms with Gasteiger partial charge >= 0.3 is 11.9 Å². The van der Waals surface area contributed by atoms with Crippen LogP contribution in [0.5, 0.6) is 34.5 Å². The molecule has 2 rings (SSSR count). The van der Waals surface area contributed by atoms with E-state index in [-0.39, 0.29) is 56.8 Å². The molecule has 0 aliphatic carbocycles. The minimum absolute atomic E-state index is 0.0535. The Labute approximate surface area is 172 Å². The lowest BCUT2D eigenvalue weighted by atomic mass is 9.91. The molecule has 0 atom stereocenters. The van der Waals surface area contributed by atoms with Crippen LogP contribution < -0.4 is 28.4 Å². The molecule has 0 spiro atoms. The predicted molar refractivity (Wildman–Crippen MR) is 105 cm³/mol. The summed E-state index contributed by atoms with van der Waals surface area (Å²) in [6.45, 7) is 0. The molecule has 0 saturated carbocycles. The van der Waals surface area contributed by atoms with Gasteiger partial charge in [-0.15, -0.1) is 0 Å². The van der Waals surface area contributed by atoms with Crippen LogP contribution in [0.2, 0.25) is 0 Å². The van der Waals surface area contributed by atoms with Gasteiger partial charge in [-0.05, 0) is 12.1 Å². The number of hydrogen-bond donors (Lipinski definition) is 2. The second-order valence-corrected chi connectivity index (χ2v) is 5.75. The van der Waals surface area contributed by atoms with E-state index >= 15 is 0 Å². The maximum Gasteiger partial charge on any atom is 0.336 e. The number of rotatable bonds is 9.